The van der Waals surface area contributed by atoms with Gasteiger partial charge in [-0.2, -0.15) is 0 Å². The van der Waals surface area contributed by atoms with Crippen LogP contribution in [0.1, 0.15) is 33.1 Å². The first-order chi connectivity index (χ1) is 7.50. The number of carboxylic acid groups (broad SMARTS) is 1. The normalized spacial score (nSPS) is 13.6. The highest BCUT2D eigenvalue weighted by Crippen LogP contribution is 2.10. The van der Waals surface area contributed by atoms with Gasteiger partial charge < -0.3 is 10.4 Å². The molecule has 0 aromatic carbocycles. The first kappa shape index (κ1) is 14.5. The second-order valence-corrected chi connectivity index (χ2v) is 3.87. The van der Waals surface area contributed by atoms with E-state index in [0.717, 1.165) is 12.8 Å². The second-order valence-electron chi connectivity index (χ2n) is 3.87. The Morgan fingerprint density at radius 3 is 2.44 bits per heavy atom. The van der Waals surface area contributed by atoms with Crippen molar-refractivity contribution in [3.8, 4) is 12.3 Å². The average molecular weight is 225 g/mol. The van der Waals surface area contributed by atoms with Crippen LogP contribution in [0.2, 0.25) is 0 Å². The number of hydrogen-bond donors (Lipinski definition) is 2. The van der Waals surface area contributed by atoms with Crippen molar-refractivity contribution in [1.29, 1.82) is 0 Å². The van der Waals surface area contributed by atoms with Gasteiger partial charge in [0.15, 0.2) is 0 Å². The number of terminal acetylenes is 1. The molecule has 0 aromatic heterocycles. The van der Waals surface area contributed by atoms with Crippen LogP contribution in [-0.2, 0) is 9.59 Å². The average Bonchev–Trinajstić information content (AvgIpc) is 2.26. The molecule has 1 amide bonds. The van der Waals surface area contributed by atoms with Gasteiger partial charge in [-0.15, -0.1) is 12.3 Å². The molecule has 0 radical (unpaired) electrons. The minimum absolute atomic E-state index is 0.212. The Morgan fingerprint density at radius 2 is 1.94 bits per heavy atom. The predicted molar refractivity (Wildman–Crippen MR) is 61.7 cm³/mol. The van der Waals surface area contributed by atoms with Gasteiger partial charge in [-0.05, 0) is 12.8 Å². The van der Waals surface area contributed by atoms with Crippen LogP contribution >= 0.6 is 0 Å². The summed E-state index contributed by atoms with van der Waals surface area (Å²) in [6.07, 6.45) is 7.49. The van der Waals surface area contributed by atoms with Crippen LogP contribution in [0.25, 0.3) is 0 Å². The van der Waals surface area contributed by atoms with E-state index in [1.54, 1.807) is 6.92 Å². The summed E-state index contributed by atoms with van der Waals surface area (Å²) in [4.78, 5) is 22.2. The molecule has 0 saturated heterocycles. The molecule has 4 heteroatoms. The number of amides is 1. The monoisotopic (exact) mass is 225 g/mol. The molecule has 2 atom stereocenters. The van der Waals surface area contributed by atoms with E-state index in [-0.39, 0.29) is 5.91 Å². The minimum atomic E-state index is -0.949. The number of carboxylic acids is 1. The summed E-state index contributed by atoms with van der Waals surface area (Å²) in [5, 5.41) is 11.4. The molecule has 16 heavy (non-hydrogen) atoms. The van der Waals surface area contributed by atoms with Crippen LogP contribution in [0.15, 0.2) is 0 Å². The standard InChI is InChI=1S/C12H19NO3/c1-4-5-6-7-8-13-11(14)9(2)10(3)12(15)16/h1,9-10H,5-8H2,2-3H3,(H,13,14)(H,15,16). The van der Waals surface area contributed by atoms with Gasteiger partial charge >= 0.3 is 5.97 Å². The zero-order valence-corrected chi connectivity index (χ0v) is 9.82. The van der Waals surface area contributed by atoms with Gasteiger partial charge in [0.25, 0.3) is 0 Å². The van der Waals surface area contributed by atoms with E-state index in [9.17, 15) is 9.59 Å². The Labute approximate surface area is 96.4 Å². The molecular weight excluding hydrogens is 206 g/mol. The lowest BCUT2D eigenvalue weighted by Gasteiger charge is -2.15. The molecule has 0 aromatic rings. The van der Waals surface area contributed by atoms with Gasteiger partial charge in [-0.25, -0.2) is 0 Å². The van der Waals surface area contributed by atoms with Gasteiger partial charge in [0.05, 0.1) is 5.92 Å². The minimum Gasteiger partial charge on any atom is -0.481 e. The van der Waals surface area contributed by atoms with Crippen LogP contribution in [0.3, 0.4) is 0 Å². The van der Waals surface area contributed by atoms with Crippen LogP contribution < -0.4 is 5.32 Å². The summed E-state index contributed by atoms with van der Waals surface area (Å²) in [7, 11) is 0. The number of nitrogens with one attached hydrogen (secondary N) is 1. The van der Waals surface area contributed by atoms with Gasteiger partial charge in [-0.1, -0.05) is 13.8 Å². The fourth-order valence-electron chi connectivity index (χ4n) is 1.17. The molecule has 0 spiro atoms. The molecule has 2 unspecified atom stereocenters. The van der Waals surface area contributed by atoms with E-state index < -0.39 is 17.8 Å². The number of hydrogen-bond acceptors (Lipinski definition) is 2. The number of carbonyl (C=O) groups is 2. The van der Waals surface area contributed by atoms with E-state index in [0.29, 0.717) is 13.0 Å². The van der Waals surface area contributed by atoms with Crippen LogP contribution in [0, 0.1) is 24.2 Å². The first-order valence-corrected chi connectivity index (χ1v) is 5.44. The van der Waals surface area contributed by atoms with E-state index in [4.69, 9.17) is 11.5 Å². The van der Waals surface area contributed by atoms with Crippen molar-refractivity contribution in [2.24, 2.45) is 11.8 Å². The van der Waals surface area contributed by atoms with E-state index >= 15 is 0 Å². The van der Waals surface area contributed by atoms with Crippen molar-refractivity contribution in [2.75, 3.05) is 6.54 Å². The van der Waals surface area contributed by atoms with E-state index in [1.165, 1.54) is 6.92 Å². The Kier molecular flexibility index (Phi) is 7.02. The molecule has 0 bridgehead atoms. The van der Waals surface area contributed by atoms with Gasteiger partial charge in [0.1, 0.15) is 0 Å². The molecule has 90 valence electrons. The molecule has 4 nitrogen and oxygen atoms in total. The van der Waals surface area contributed by atoms with E-state index in [2.05, 4.69) is 11.2 Å². The molecule has 0 rings (SSSR count). The summed E-state index contributed by atoms with van der Waals surface area (Å²) in [6.45, 7) is 3.71. The zero-order valence-electron chi connectivity index (χ0n) is 9.82. The van der Waals surface area contributed by atoms with Crippen molar-refractivity contribution < 1.29 is 14.7 Å². The molecule has 0 aliphatic rings. The smallest absolute Gasteiger partial charge is 0.307 e. The second kappa shape index (κ2) is 7.75. The highest BCUT2D eigenvalue weighted by atomic mass is 16.4. The maximum atomic E-state index is 11.5. The largest absolute Gasteiger partial charge is 0.481 e. The molecule has 0 aliphatic heterocycles. The first-order valence-electron chi connectivity index (χ1n) is 5.44. The van der Waals surface area contributed by atoms with E-state index in [1.807, 2.05) is 0 Å². The number of carbonyl (C=O) groups excluding carboxylic acids is 1. The summed E-state index contributed by atoms with van der Waals surface area (Å²) < 4.78 is 0. The summed E-state index contributed by atoms with van der Waals surface area (Å²) in [6, 6.07) is 0. The topological polar surface area (TPSA) is 66.4 Å². The molecule has 2 N–H and O–H groups in total. The lowest BCUT2D eigenvalue weighted by molar-refractivity contribution is -0.146. The van der Waals surface area contributed by atoms with Gasteiger partial charge in [0, 0.05) is 18.9 Å². The summed E-state index contributed by atoms with van der Waals surface area (Å²) >= 11 is 0. The maximum Gasteiger partial charge on any atom is 0.307 e. The molecular formula is C12H19NO3. The van der Waals surface area contributed by atoms with Crippen LogP contribution in [0.5, 0.6) is 0 Å². The third-order valence-electron chi connectivity index (χ3n) is 2.60. The highest BCUT2D eigenvalue weighted by molar-refractivity contribution is 5.84. The third kappa shape index (κ3) is 5.40. The predicted octanol–water partition coefficient (Wildman–Crippen LogP) is 1.26. The van der Waals surface area contributed by atoms with Gasteiger partial charge in [-0.3, -0.25) is 9.59 Å². The molecule has 0 heterocycles. The Bertz CT molecular complexity index is 280. The summed E-state index contributed by atoms with van der Waals surface area (Å²) in [5.41, 5.74) is 0. The summed E-state index contributed by atoms with van der Waals surface area (Å²) in [5.74, 6) is 0.189. The quantitative estimate of drug-likeness (QED) is 0.506. The fraction of sp³-hybridized carbons (Fsp3) is 0.667. The van der Waals surface area contributed by atoms with Gasteiger partial charge in [0.2, 0.25) is 5.91 Å². The number of aliphatic carboxylic acids is 1. The fourth-order valence-corrected chi connectivity index (χ4v) is 1.17. The van der Waals surface area contributed by atoms with Crippen molar-refractivity contribution in [3.05, 3.63) is 0 Å². The highest BCUT2D eigenvalue weighted by Gasteiger charge is 2.25. The Balaban J connectivity index is 3.80. The van der Waals surface area contributed by atoms with Crippen LogP contribution in [-0.4, -0.2) is 23.5 Å². The molecule has 0 saturated carbocycles. The van der Waals surface area contributed by atoms with Crippen molar-refractivity contribution in [1.82, 2.24) is 5.32 Å². The van der Waals surface area contributed by atoms with Crippen molar-refractivity contribution >= 4 is 11.9 Å². The zero-order chi connectivity index (χ0) is 12.6. The SMILES string of the molecule is C#CCCCCNC(=O)C(C)C(C)C(=O)O. The van der Waals surface area contributed by atoms with Crippen molar-refractivity contribution in [3.63, 3.8) is 0 Å². The molecule has 0 fully saturated rings. The lowest BCUT2D eigenvalue weighted by atomic mass is 9.95. The van der Waals surface area contributed by atoms with Crippen LogP contribution in [0.4, 0.5) is 0 Å². The maximum absolute atomic E-state index is 11.5. The Hall–Kier alpha value is -1.50. The number of unbranched alkanes of at least 4 members (excludes halogenated alkanes) is 2. The Morgan fingerprint density at radius 1 is 1.31 bits per heavy atom. The molecule has 0 aliphatic carbocycles. The number of rotatable bonds is 7. The third-order valence-corrected chi connectivity index (χ3v) is 2.60. The van der Waals surface area contributed by atoms with Crippen molar-refractivity contribution in [2.45, 2.75) is 33.1 Å². The lowest BCUT2D eigenvalue weighted by Crippen LogP contribution is -2.35.